The highest BCUT2D eigenvalue weighted by Gasteiger charge is 2.16. The second-order valence-electron chi connectivity index (χ2n) is 6.60. The molecular formula is C21H23N3O4S. The average molecular weight is 413 g/mol. The van der Waals surface area contributed by atoms with Gasteiger partial charge in [0.2, 0.25) is 5.91 Å². The molecule has 3 aromatic rings. The van der Waals surface area contributed by atoms with Crippen molar-refractivity contribution < 1.29 is 14.3 Å². The molecule has 0 atom stereocenters. The predicted octanol–water partition coefficient (Wildman–Crippen LogP) is 3.02. The van der Waals surface area contributed by atoms with Crippen LogP contribution in [0, 0.1) is 0 Å². The van der Waals surface area contributed by atoms with Crippen molar-refractivity contribution in [2.75, 3.05) is 20.0 Å². The van der Waals surface area contributed by atoms with Gasteiger partial charge in [0.25, 0.3) is 5.56 Å². The van der Waals surface area contributed by atoms with Crippen molar-refractivity contribution in [3.63, 3.8) is 0 Å². The van der Waals surface area contributed by atoms with Crippen LogP contribution in [0.2, 0.25) is 0 Å². The maximum Gasteiger partial charge on any atom is 0.266 e. The van der Waals surface area contributed by atoms with Crippen molar-refractivity contribution in [1.82, 2.24) is 14.9 Å². The van der Waals surface area contributed by atoms with E-state index in [2.05, 4.69) is 10.3 Å². The van der Waals surface area contributed by atoms with Gasteiger partial charge in [-0.25, -0.2) is 4.98 Å². The molecule has 152 valence electrons. The molecule has 0 spiro atoms. The topological polar surface area (TPSA) is 82.5 Å². The Kier molecular flexibility index (Phi) is 6.43. The number of rotatable bonds is 7. The number of amides is 1. The van der Waals surface area contributed by atoms with Crippen LogP contribution in [0.4, 0.5) is 0 Å². The second-order valence-corrected chi connectivity index (χ2v) is 7.54. The maximum atomic E-state index is 13.3. The van der Waals surface area contributed by atoms with Gasteiger partial charge in [0.15, 0.2) is 16.7 Å². The highest BCUT2D eigenvalue weighted by molar-refractivity contribution is 7.99. The van der Waals surface area contributed by atoms with E-state index in [4.69, 9.17) is 9.47 Å². The van der Waals surface area contributed by atoms with Gasteiger partial charge in [-0.1, -0.05) is 23.9 Å². The number of hydrogen-bond acceptors (Lipinski definition) is 6. The number of methoxy groups -OCH3 is 2. The molecular weight excluding hydrogens is 390 g/mol. The largest absolute Gasteiger partial charge is 0.493 e. The van der Waals surface area contributed by atoms with Gasteiger partial charge in [-0.05, 0) is 38.1 Å². The van der Waals surface area contributed by atoms with E-state index in [-0.39, 0.29) is 23.3 Å². The van der Waals surface area contributed by atoms with E-state index in [1.165, 1.54) is 23.4 Å². The number of carbonyl (C=O) groups is 1. The first kappa shape index (κ1) is 20.7. The monoisotopic (exact) mass is 413 g/mol. The van der Waals surface area contributed by atoms with Crippen molar-refractivity contribution in [3.8, 4) is 17.2 Å². The molecule has 0 aliphatic heterocycles. The Hall–Kier alpha value is -3.00. The number of aromatic nitrogens is 2. The number of carbonyl (C=O) groups excluding carboxylic acids is 1. The lowest BCUT2D eigenvalue weighted by molar-refractivity contribution is -0.119. The fourth-order valence-corrected chi connectivity index (χ4v) is 3.72. The van der Waals surface area contributed by atoms with Crippen LogP contribution < -0.4 is 20.3 Å². The average Bonchev–Trinajstić information content (AvgIpc) is 2.71. The quantitative estimate of drug-likeness (QED) is 0.474. The van der Waals surface area contributed by atoms with E-state index in [9.17, 15) is 9.59 Å². The molecule has 0 bridgehead atoms. The Bertz CT molecular complexity index is 1090. The molecule has 0 radical (unpaired) electrons. The fourth-order valence-electron chi connectivity index (χ4n) is 2.89. The highest BCUT2D eigenvalue weighted by atomic mass is 32.2. The maximum absolute atomic E-state index is 13.3. The second kappa shape index (κ2) is 9.00. The van der Waals surface area contributed by atoms with E-state index in [1.54, 1.807) is 43.5 Å². The number of thioether (sulfide) groups is 1. The van der Waals surface area contributed by atoms with E-state index in [1.807, 2.05) is 19.9 Å². The molecule has 7 nitrogen and oxygen atoms in total. The Morgan fingerprint density at radius 3 is 2.55 bits per heavy atom. The molecule has 1 N–H and O–H groups in total. The van der Waals surface area contributed by atoms with Crippen LogP contribution in [0.3, 0.4) is 0 Å². The van der Waals surface area contributed by atoms with Gasteiger partial charge < -0.3 is 14.8 Å². The predicted molar refractivity (Wildman–Crippen MR) is 114 cm³/mol. The smallest absolute Gasteiger partial charge is 0.266 e. The van der Waals surface area contributed by atoms with Crippen molar-refractivity contribution >= 4 is 28.6 Å². The normalized spacial score (nSPS) is 10.9. The molecule has 2 aromatic carbocycles. The molecule has 3 rings (SSSR count). The first-order valence-electron chi connectivity index (χ1n) is 9.11. The van der Waals surface area contributed by atoms with Crippen LogP contribution in [0.15, 0.2) is 52.4 Å². The summed E-state index contributed by atoms with van der Waals surface area (Å²) in [5.74, 6) is 1.09. The van der Waals surface area contributed by atoms with Crippen molar-refractivity contribution in [1.29, 1.82) is 0 Å². The summed E-state index contributed by atoms with van der Waals surface area (Å²) < 4.78 is 12.2. The van der Waals surface area contributed by atoms with Gasteiger partial charge in [-0.15, -0.1) is 0 Å². The summed E-state index contributed by atoms with van der Waals surface area (Å²) in [6.07, 6.45) is 0. The minimum atomic E-state index is -0.213. The van der Waals surface area contributed by atoms with E-state index in [0.717, 1.165) is 0 Å². The number of fused-ring (bicyclic) bond motifs is 1. The number of benzene rings is 2. The molecule has 0 unspecified atom stereocenters. The molecule has 1 aromatic heterocycles. The molecule has 1 amide bonds. The third kappa shape index (κ3) is 4.54. The van der Waals surface area contributed by atoms with Crippen LogP contribution in [0.5, 0.6) is 11.5 Å². The third-order valence-electron chi connectivity index (χ3n) is 4.15. The van der Waals surface area contributed by atoms with E-state index < -0.39 is 0 Å². The lowest BCUT2D eigenvalue weighted by Crippen LogP contribution is -2.32. The van der Waals surface area contributed by atoms with Crippen LogP contribution in [-0.2, 0) is 4.79 Å². The molecule has 29 heavy (non-hydrogen) atoms. The summed E-state index contributed by atoms with van der Waals surface area (Å²) in [6.45, 7) is 3.80. The lowest BCUT2D eigenvalue weighted by atomic mass is 10.2. The SMILES string of the molecule is COc1ccc(-n2c(SCC(=O)NC(C)C)nc3ccccc3c2=O)cc1OC. The lowest BCUT2D eigenvalue weighted by Gasteiger charge is -2.15. The summed E-state index contributed by atoms with van der Waals surface area (Å²) in [7, 11) is 3.09. The standard InChI is InChI=1S/C21H23N3O4S/c1-13(2)22-19(25)12-29-21-23-16-8-6-5-7-15(16)20(26)24(21)14-9-10-17(27-3)18(11-14)28-4/h5-11,13H,12H2,1-4H3,(H,22,25). The first-order chi connectivity index (χ1) is 13.9. The fraction of sp³-hybridized carbons (Fsp3) is 0.286. The zero-order valence-electron chi connectivity index (χ0n) is 16.8. The third-order valence-corrected chi connectivity index (χ3v) is 5.09. The minimum Gasteiger partial charge on any atom is -0.493 e. The van der Waals surface area contributed by atoms with Crippen LogP contribution in [-0.4, -0.2) is 41.5 Å². The Balaban J connectivity index is 2.12. The number of hydrogen-bond donors (Lipinski definition) is 1. The van der Waals surface area contributed by atoms with Crippen molar-refractivity contribution in [2.45, 2.75) is 25.0 Å². The Labute approximate surface area is 173 Å². The van der Waals surface area contributed by atoms with Gasteiger partial charge in [-0.2, -0.15) is 0 Å². The van der Waals surface area contributed by atoms with Crippen molar-refractivity contribution in [3.05, 3.63) is 52.8 Å². The van der Waals surface area contributed by atoms with Crippen molar-refractivity contribution in [2.24, 2.45) is 0 Å². The number of nitrogens with zero attached hydrogens (tertiary/aromatic N) is 2. The number of ether oxygens (including phenoxy) is 2. The van der Waals surface area contributed by atoms with Gasteiger partial charge in [-0.3, -0.25) is 14.2 Å². The molecule has 0 saturated carbocycles. The molecule has 0 aliphatic rings. The number of para-hydroxylation sites is 1. The zero-order chi connectivity index (χ0) is 21.0. The van der Waals surface area contributed by atoms with Gasteiger partial charge in [0.05, 0.1) is 36.6 Å². The molecule has 0 saturated heterocycles. The van der Waals surface area contributed by atoms with Crippen LogP contribution in [0.1, 0.15) is 13.8 Å². The van der Waals surface area contributed by atoms with Gasteiger partial charge in [0, 0.05) is 12.1 Å². The Morgan fingerprint density at radius 2 is 1.86 bits per heavy atom. The summed E-state index contributed by atoms with van der Waals surface area (Å²) in [6, 6.07) is 12.4. The molecule has 0 aliphatic carbocycles. The van der Waals surface area contributed by atoms with Crippen LogP contribution in [0.25, 0.3) is 16.6 Å². The highest BCUT2D eigenvalue weighted by Crippen LogP contribution is 2.30. The molecule has 1 heterocycles. The summed E-state index contributed by atoms with van der Waals surface area (Å²) in [4.78, 5) is 30.0. The molecule has 8 heteroatoms. The first-order valence-corrected chi connectivity index (χ1v) is 10.1. The zero-order valence-corrected chi connectivity index (χ0v) is 17.6. The van der Waals surface area contributed by atoms with Gasteiger partial charge in [0.1, 0.15) is 0 Å². The number of nitrogens with one attached hydrogen (secondary N) is 1. The summed E-state index contributed by atoms with van der Waals surface area (Å²) in [5.41, 5.74) is 0.952. The van der Waals surface area contributed by atoms with E-state index in [0.29, 0.717) is 33.2 Å². The van der Waals surface area contributed by atoms with Gasteiger partial charge >= 0.3 is 0 Å². The summed E-state index contributed by atoms with van der Waals surface area (Å²) >= 11 is 1.21. The molecule has 0 fully saturated rings. The van der Waals surface area contributed by atoms with Crippen LogP contribution >= 0.6 is 11.8 Å². The Morgan fingerprint density at radius 1 is 1.14 bits per heavy atom. The summed E-state index contributed by atoms with van der Waals surface area (Å²) in [5, 5.41) is 3.77. The minimum absolute atomic E-state index is 0.0423. The van der Waals surface area contributed by atoms with E-state index >= 15 is 0 Å².